The molecule has 0 radical (unpaired) electrons. The van der Waals surface area contributed by atoms with Crippen LogP contribution in [0.25, 0.3) is 0 Å². The number of carbonyl (C=O) groups is 1. The van der Waals surface area contributed by atoms with Crippen molar-refractivity contribution in [3.8, 4) is 0 Å². The van der Waals surface area contributed by atoms with E-state index in [1.165, 1.54) is 0 Å². The highest BCUT2D eigenvalue weighted by Gasteiger charge is 2.19. The number of carboxylic acids is 1. The summed E-state index contributed by atoms with van der Waals surface area (Å²) in [7, 11) is 0. The van der Waals surface area contributed by atoms with Crippen molar-refractivity contribution in [1.29, 1.82) is 0 Å². The minimum absolute atomic E-state index is 0.0208. The number of aliphatic carboxylic acids is 1. The Morgan fingerprint density at radius 2 is 2.15 bits per heavy atom. The topological polar surface area (TPSA) is 96.1 Å². The summed E-state index contributed by atoms with van der Waals surface area (Å²) in [4.78, 5) is 10.0. The predicted octanol–water partition coefficient (Wildman–Crippen LogP) is -0.568. The van der Waals surface area contributed by atoms with Crippen molar-refractivity contribution in [2.75, 3.05) is 13.2 Å². The van der Waals surface area contributed by atoms with Gasteiger partial charge in [0.2, 0.25) is 0 Å². The van der Waals surface area contributed by atoms with E-state index in [9.17, 15) is 4.79 Å². The van der Waals surface area contributed by atoms with Crippen molar-refractivity contribution in [3.05, 3.63) is 0 Å². The summed E-state index contributed by atoms with van der Waals surface area (Å²) >= 11 is 0. The van der Waals surface area contributed by atoms with Gasteiger partial charge in [0.05, 0.1) is 13.2 Å². The van der Waals surface area contributed by atoms with Crippen LogP contribution in [0.3, 0.4) is 0 Å². The first kappa shape index (κ1) is 12.3. The van der Waals surface area contributed by atoms with E-state index in [1.807, 2.05) is 0 Å². The summed E-state index contributed by atoms with van der Waals surface area (Å²) in [6.07, 6.45) is 0.190. The molecule has 1 fully saturated rings. The Kier molecular flexibility index (Phi) is 5.61. The summed E-state index contributed by atoms with van der Waals surface area (Å²) in [5, 5.41) is 16.3. The summed E-state index contributed by atoms with van der Waals surface area (Å²) < 4.78 is 4.61. The normalized spacial score (nSPS) is 21.8. The molecule has 5 heteroatoms. The molecule has 0 aromatic carbocycles. The molecule has 1 aliphatic heterocycles. The lowest BCUT2D eigenvalue weighted by Gasteiger charge is -2.07. The van der Waals surface area contributed by atoms with Gasteiger partial charge in [-0.3, -0.25) is 4.79 Å². The van der Waals surface area contributed by atoms with Crippen molar-refractivity contribution in [1.82, 2.24) is 0 Å². The fourth-order valence-corrected chi connectivity index (χ4v) is 0.459. The number of rotatable bonds is 3. The highest BCUT2D eigenvalue weighted by atomic mass is 16.6. The molecule has 0 saturated carbocycles. The molecule has 2 atom stereocenters. The first-order valence-corrected chi connectivity index (χ1v) is 4.19. The molecule has 1 rings (SSSR count). The van der Waals surface area contributed by atoms with Gasteiger partial charge in [-0.05, 0) is 5.92 Å². The van der Waals surface area contributed by atoms with Gasteiger partial charge in [0, 0.05) is 0 Å². The van der Waals surface area contributed by atoms with Crippen LogP contribution in [-0.2, 0) is 9.53 Å². The molecular formula is C8H17NO4. The maximum atomic E-state index is 10.0. The fourth-order valence-electron chi connectivity index (χ4n) is 0.459. The van der Waals surface area contributed by atoms with Gasteiger partial charge in [0.25, 0.3) is 0 Å². The SMILES string of the molecule is CC(C)[C@H](N)C(=O)O.OCC1CO1. The molecule has 1 aliphatic rings. The van der Waals surface area contributed by atoms with E-state index in [4.69, 9.17) is 15.9 Å². The van der Waals surface area contributed by atoms with Crippen LogP contribution < -0.4 is 5.73 Å². The summed E-state index contributed by atoms with van der Waals surface area (Å²) in [5.74, 6) is -0.910. The standard InChI is InChI=1S/C5H11NO2.C3H6O2/c1-3(2)4(6)5(7)8;4-1-3-2-5-3/h3-4H,6H2,1-2H3,(H,7,8);3-4H,1-2H2/t4-;/m0./s1. The third-order valence-corrected chi connectivity index (χ3v) is 1.61. The number of hydrogen-bond acceptors (Lipinski definition) is 4. The van der Waals surface area contributed by atoms with Gasteiger partial charge >= 0.3 is 5.97 Å². The zero-order chi connectivity index (χ0) is 10.4. The van der Waals surface area contributed by atoms with Crippen LogP contribution in [0.4, 0.5) is 0 Å². The Morgan fingerprint density at radius 3 is 2.15 bits per heavy atom. The smallest absolute Gasteiger partial charge is 0.320 e. The highest BCUT2D eigenvalue weighted by Crippen LogP contribution is 2.04. The van der Waals surface area contributed by atoms with E-state index >= 15 is 0 Å². The largest absolute Gasteiger partial charge is 0.480 e. The van der Waals surface area contributed by atoms with E-state index in [-0.39, 0.29) is 18.6 Å². The van der Waals surface area contributed by atoms with Gasteiger partial charge in [-0.2, -0.15) is 0 Å². The number of aliphatic hydroxyl groups is 1. The summed E-state index contributed by atoms with van der Waals surface area (Å²) in [6.45, 7) is 4.51. The molecule has 0 aliphatic carbocycles. The second kappa shape index (κ2) is 5.90. The van der Waals surface area contributed by atoms with Crippen LogP contribution in [0.15, 0.2) is 0 Å². The molecule has 5 nitrogen and oxygen atoms in total. The zero-order valence-corrected chi connectivity index (χ0v) is 7.93. The average Bonchev–Trinajstić information content (AvgIpc) is 2.86. The highest BCUT2D eigenvalue weighted by molar-refractivity contribution is 5.73. The summed E-state index contributed by atoms with van der Waals surface area (Å²) in [5.41, 5.74) is 5.16. The van der Waals surface area contributed by atoms with Crippen molar-refractivity contribution in [3.63, 3.8) is 0 Å². The van der Waals surface area contributed by atoms with E-state index in [2.05, 4.69) is 4.74 Å². The minimum Gasteiger partial charge on any atom is -0.480 e. The first-order chi connectivity index (χ1) is 5.99. The molecule has 13 heavy (non-hydrogen) atoms. The molecule has 4 N–H and O–H groups in total. The molecule has 1 unspecified atom stereocenters. The second-order valence-corrected chi connectivity index (χ2v) is 3.25. The van der Waals surface area contributed by atoms with Crippen LogP contribution in [0.5, 0.6) is 0 Å². The van der Waals surface area contributed by atoms with Crippen LogP contribution in [0.2, 0.25) is 0 Å². The molecular weight excluding hydrogens is 174 g/mol. The van der Waals surface area contributed by atoms with Crippen molar-refractivity contribution in [2.24, 2.45) is 11.7 Å². The molecule has 0 aromatic rings. The van der Waals surface area contributed by atoms with Crippen LogP contribution >= 0.6 is 0 Å². The van der Waals surface area contributed by atoms with E-state index in [0.717, 1.165) is 6.61 Å². The van der Waals surface area contributed by atoms with Gasteiger partial charge in [-0.1, -0.05) is 13.8 Å². The number of epoxide rings is 1. The Hall–Kier alpha value is -0.650. The maximum absolute atomic E-state index is 10.0. The van der Waals surface area contributed by atoms with Crippen LogP contribution in [0, 0.1) is 5.92 Å². The molecule has 0 bridgehead atoms. The Morgan fingerprint density at radius 1 is 1.69 bits per heavy atom. The van der Waals surface area contributed by atoms with E-state index in [1.54, 1.807) is 13.8 Å². The molecule has 1 heterocycles. The molecule has 78 valence electrons. The lowest BCUT2D eigenvalue weighted by atomic mass is 10.1. The van der Waals surface area contributed by atoms with Gasteiger partial charge in [-0.15, -0.1) is 0 Å². The maximum Gasteiger partial charge on any atom is 0.320 e. The van der Waals surface area contributed by atoms with Crippen LogP contribution in [-0.4, -0.2) is 41.5 Å². The predicted molar refractivity (Wildman–Crippen MR) is 47.3 cm³/mol. The quantitative estimate of drug-likeness (QED) is 0.519. The molecule has 0 amide bonds. The second-order valence-electron chi connectivity index (χ2n) is 3.25. The van der Waals surface area contributed by atoms with Gasteiger partial charge < -0.3 is 20.7 Å². The average molecular weight is 191 g/mol. The molecule has 0 aromatic heterocycles. The fraction of sp³-hybridized carbons (Fsp3) is 0.875. The lowest BCUT2D eigenvalue weighted by molar-refractivity contribution is -0.139. The number of nitrogens with two attached hydrogens (primary N) is 1. The van der Waals surface area contributed by atoms with E-state index in [0.29, 0.717) is 0 Å². The Bertz CT molecular complexity index is 156. The molecule has 0 spiro atoms. The van der Waals surface area contributed by atoms with Gasteiger partial charge in [0.15, 0.2) is 0 Å². The number of ether oxygens (including phenoxy) is 1. The summed E-state index contributed by atoms with van der Waals surface area (Å²) in [6, 6.07) is -0.713. The first-order valence-electron chi connectivity index (χ1n) is 4.19. The lowest BCUT2D eigenvalue weighted by Crippen LogP contribution is -2.34. The van der Waals surface area contributed by atoms with Crippen molar-refractivity contribution < 1.29 is 19.7 Å². The van der Waals surface area contributed by atoms with E-state index < -0.39 is 12.0 Å². The van der Waals surface area contributed by atoms with Gasteiger partial charge in [0.1, 0.15) is 12.1 Å². The number of aliphatic hydroxyl groups excluding tert-OH is 1. The minimum atomic E-state index is -0.931. The molecule has 1 saturated heterocycles. The van der Waals surface area contributed by atoms with Crippen LogP contribution in [0.1, 0.15) is 13.8 Å². The zero-order valence-electron chi connectivity index (χ0n) is 7.93. The number of carboxylic acid groups (broad SMARTS) is 1. The Labute approximate surface area is 77.5 Å². The third kappa shape index (κ3) is 6.51. The van der Waals surface area contributed by atoms with Crippen molar-refractivity contribution >= 4 is 5.97 Å². The monoisotopic (exact) mass is 191 g/mol. The third-order valence-electron chi connectivity index (χ3n) is 1.61. The van der Waals surface area contributed by atoms with Gasteiger partial charge in [-0.25, -0.2) is 0 Å². The van der Waals surface area contributed by atoms with Crippen molar-refractivity contribution in [2.45, 2.75) is 26.0 Å². The Balaban J connectivity index is 0.000000243. The number of hydrogen-bond donors (Lipinski definition) is 3.